The molecular weight excluding hydrogens is 322 g/mol. The van der Waals surface area contributed by atoms with E-state index in [1.54, 1.807) is 16.7 Å². The van der Waals surface area contributed by atoms with Crippen molar-refractivity contribution in [3.05, 3.63) is 24.3 Å². The van der Waals surface area contributed by atoms with E-state index >= 15 is 0 Å². The first kappa shape index (κ1) is 18.8. The Hall–Kier alpha value is -1.53. The molecule has 1 aromatic carbocycles. The summed E-state index contributed by atoms with van der Waals surface area (Å²) in [5.41, 5.74) is 6.60. The van der Waals surface area contributed by atoms with Gasteiger partial charge in [0.1, 0.15) is 0 Å². The van der Waals surface area contributed by atoms with Gasteiger partial charge in [-0.25, -0.2) is 0 Å². The Bertz CT molecular complexity index is 574. The molecule has 1 saturated heterocycles. The van der Waals surface area contributed by atoms with Gasteiger partial charge in [0.15, 0.2) is 0 Å². The summed E-state index contributed by atoms with van der Waals surface area (Å²) in [6, 6.07) is 7.83. The molecule has 0 saturated carbocycles. The van der Waals surface area contributed by atoms with E-state index in [1.807, 2.05) is 30.5 Å². The number of hydrogen-bond acceptors (Lipinski definition) is 4. The standard InChI is InChI=1S/C18H27N3O2S/c1-12(2)8-14(10-19)20-18(23)13-9-17(22)21(11-13)15-4-6-16(24-3)7-5-15/h4-7,12-14H,8-11,19H2,1-3H3,(H,20,23). The normalized spacial score (nSPS) is 19.0. The van der Waals surface area contributed by atoms with Gasteiger partial charge in [-0.15, -0.1) is 11.8 Å². The third-order valence-corrected chi connectivity index (χ3v) is 5.01. The minimum Gasteiger partial charge on any atom is -0.352 e. The maximum absolute atomic E-state index is 12.5. The van der Waals surface area contributed by atoms with Gasteiger partial charge in [0.25, 0.3) is 0 Å². The molecule has 1 heterocycles. The van der Waals surface area contributed by atoms with Gasteiger partial charge in [-0.3, -0.25) is 9.59 Å². The molecule has 0 aromatic heterocycles. The van der Waals surface area contributed by atoms with E-state index in [0.717, 1.165) is 17.0 Å². The number of nitrogens with zero attached hydrogens (tertiary/aromatic N) is 1. The molecule has 2 unspecified atom stereocenters. The number of thioether (sulfide) groups is 1. The van der Waals surface area contributed by atoms with Crippen molar-refractivity contribution in [3.63, 3.8) is 0 Å². The first-order valence-corrected chi connectivity index (χ1v) is 9.62. The van der Waals surface area contributed by atoms with E-state index in [-0.39, 0.29) is 30.2 Å². The van der Waals surface area contributed by atoms with Crippen LogP contribution in [0.25, 0.3) is 0 Å². The molecule has 132 valence electrons. The lowest BCUT2D eigenvalue weighted by Gasteiger charge is -2.21. The van der Waals surface area contributed by atoms with Crippen molar-refractivity contribution in [2.24, 2.45) is 17.6 Å². The maximum Gasteiger partial charge on any atom is 0.227 e. The van der Waals surface area contributed by atoms with Gasteiger partial charge in [0.05, 0.1) is 5.92 Å². The second kappa shape index (κ2) is 8.53. The SMILES string of the molecule is CSc1ccc(N2CC(C(=O)NC(CN)CC(C)C)CC2=O)cc1. The first-order valence-electron chi connectivity index (χ1n) is 8.39. The summed E-state index contributed by atoms with van der Waals surface area (Å²) in [5.74, 6) is 0.0948. The van der Waals surface area contributed by atoms with Gasteiger partial charge in [0, 0.05) is 36.1 Å². The highest BCUT2D eigenvalue weighted by molar-refractivity contribution is 7.98. The molecular formula is C18H27N3O2S. The largest absolute Gasteiger partial charge is 0.352 e. The Labute approximate surface area is 148 Å². The molecule has 2 rings (SSSR count). The van der Waals surface area contributed by atoms with Gasteiger partial charge < -0.3 is 16.0 Å². The minimum atomic E-state index is -0.307. The summed E-state index contributed by atoms with van der Waals surface area (Å²) in [5, 5.41) is 3.00. The van der Waals surface area contributed by atoms with Gasteiger partial charge >= 0.3 is 0 Å². The number of rotatable bonds is 7. The summed E-state index contributed by atoms with van der Waals surface area (Å²) < 4.78 is 0. The zero-order chi connectivity index (χ0) is 17.7. The van der Waals surface area contributed by atoms with Crippen LogP contribution >= 0.6 is 11.8 Å². The van der Waals surface area contributed by atoms with Crippen LogP contribution in [0.3, 0.4) is 0 Å². The Morgan fingerprint density at radius 3 is 2.58 bits per heavy atom. The van der Waals surface area contributed by atoms with Crippen LogP contribution in [-0.4, -0.2) is 37.2 Å². The van der Waals surface area contributed by atoms with E-state index in [1.165, 1.54) is 0 Å². The Balaban J connectivity index is 1.98. The van der Waals surface area contributed by atoms with E-state index in [9.17, 15) is 9.59 Å². The van der Waals surface area contributed by atoms with E-state index in [2.05, 4.69) is 19.2 Å². The van der Waals surface area contributed by atoms with E-state index in [0.29, 0.717) is 19.0 Å². The lowest BCUT2D eigenvalue weighted by molar-refractivity contribution is -0.127. The molecule has 0 bridgehead atoms. The van der Waals surface area contributed by atoms with E-state index < -0.39 is 0 Å². The van der Waals surface area contributed by atoms with Crippen molar-refractivity contribution < 1.29 is 9.59 Å². The number of anilines is 1. The van der Waals surface area contributed by atoms with Crippen molar-refractivity contribution in [1.82, 2.24) is 5.32 Å². The van der Waals surface area contributed by atoms with Crippen LogP contribution in [0, 0.1) is 11.8 Å². The molecule has 6 heteroatoms. The van der Waals surface area contributed by atoms with Crippen LogP contribution in [-0.2, 0) is 9.59 Å². The van der Waals surface area contributed by atoms with Crippen LogP contribution in [0.1, 0.15) is 26.7 Å². The topological polar surface area (TPSA) is 75.4 Å². The van der Waals surface area contributed by atoms with Crippen molar-refractivity contribution in [3.8, 4) is 0 Å². The fraction of sp³-hybridized carbons (Fsp3) is 0.556. The summed E-state index contributed by atoms with van der Waals surface area (Å²) in [6.07, 6.45) is 3.12. The number of nitrogens with two attached hydrogens (primary N) is 1. The van der Waals surface area contributed by atoms with Crippen molar-refractivity contribution >= 4 is 29.3 Å². The van der Waals surface area contributed by atoms with Crippen LogP contribution in [0.15, 0.2) is 29.2 Å². The quantitative estimate of drug-likeness (QED) is 0.741. The molecule has 1 fully saturated rings. The van der Waals surface area contributed by atoms with Crippen LogP contribution in [0.2, 0.25) is 0 Å². The van der Waals surface area contributed by atoms with E-state index in [4.69, 9.17) is 5.73 Å². The van der Waals surface area contributed by atoms with Gasteiger partial charge in [-0.1, -0.05) is 13.8 Å². The van der Waals surface area contributed by atoms with Crippen LogP contribution in [0.4, 0.5) is 5.69 Å². The number of carbonyl (C=O) groups excluding carboxylic acids is 2. The molecule has 24 heavy (non-hydrogen) atoms. The van der Waals surface area contributed by atoms with Crippen molar-refractivity contribution in [2.45, 2.75) is 37.6 Å². The minimum absolute atomic E-state index is 0.000194. The maximum atomic E-state index is 12.5. The highest BCUT2D eigenvalue weighted by Gasteiger charge is 2.35. The molecule has 1 aliphatic heterocycles. The Morgan fingerprint density at radius 1 is 1.38 bits per heavy atom. The molecule has 0 aliphatic carbocycles. The molecule has 1 aromatic rings. The molecule has 2 amide bonds. The number of nitrogens with one attached hydrogen (secondary N) is 1. The first-order chi connectivity index (χ1) is 11.4. The second-order valence-electron chi connectivity index (χ2n) is 6.67. The smallest absolute Gasteiger partial charge is 0.227 e. The van der Waals surface area contributed by atoms with Crippen LogP contribution < -0.4 is 16.0 Å². The number of hydrogen-bond donors (Lipinski definition) is 2. The molecule has 0 spiro atoms. The molecule has 5 nitrogen and oxygen atoms in total. The summed E-state index contributed by atoms with van der Waals surface area (Å²) in [4.78, 5) is 27.6. The van der Waals surface area contributed by atoms with Gasteiger partial charge in [0.2, 0.25) is 11.8 Å². The fourth-order valence-corrected chi connectivity index (χ4v) is 3.41. The summed E-state index contributed by atoms with van der Waals surface area (Å²) in [7, 11) is 0. The van der Waals surface area contributed by atoms with Crippen molar-refractivity contribution in [2.75, 3.05) is 24.2 Å². The summed E-state index contributed by atoms with van der Waals surface area (Å²) in [6.45, 7) is 5.06. The molecule has 2 atom stereocenters. The predicted molar refractivity (Wildman–Crippen MR) is 99.1 cm³/mol. The average molecular weight is 350 g/mol. The third kappa shape index (κ3) is 4.74. The average Bonchev–Trinajstić information content (AvgIpc) is 2.95. The molecule has 0 radical (unpaired) electrons. The number of benzene rings is 1. The van der Waals surface area contributed by atoms with Crippen LogP contribution in [0.5, 0.6) is 0 Å². The number of carbonyl (C=O) groups is 2. The Kier molecular flexibility index (Phi) is 6.69. The Morgan fingerprint density at radius 2 is 2.04 bits per heavy atom. The third-order valence-electron chi connectivity index (χ3n) is 4.27. The molecule has 3 N–H and O–H groups in total. The molecule has 1 aliphatic rings. The summed E-state index contributed by atoms with van der Waals surface area (Å²) >= 11 is 1.66. The van der Waals surface area contributed by atoms with Gasteiger partial charge in [-0.05, 0) is 42.9 Å². The zero-order valence-corrected chi connectivity index (χ0v) is 15.4. The van der Waals surface area contributed by atoms with Crippen molar-refractivity contribution in [1.29, 1.82) is 0 Å². The number of amides is 2. The van der Waals surface area contributed by atoms with Gasteiger partial charge in [-0.2, -0.15) is 0 Å². The monoisotopic (exact) mass is 349 g/mol. The highest BCUT2D eigenvalue weighted by atomic mass is 32.2. The highest BCUT2D eigenvalue weighted by Crippen LogP contribution is 2.27. The fourth-order valence-electron chi connectivity index (χ4n) is 3.00. The predicted octanol–water partition coefficient (Wildman–Crippen LogP) is 2.25. The zero-order valence-electron chi connectivity index (χ0n) is 14.6. The lowest BCUT2D eigenvalue weighted by atomic mass is 10.0. The second-order valence-corrected chi connectivity index (χ2v) is 7.55. The lowest BCUT2D eigenvalue weighted by Crippen LogP contribution is -2.44.